The molecule has 0 bridgehead atoms. The van der Waals surface area contributed by atoms with Crippen molar-refractivity contribution in [1.82, 2.24) is 9.78 Å². The molecule has 1 aromatic heterocycles. The number of carbonyl (C=O) groups excluding carboxylic acids is 1. The van der Waals surface area contributed by atoms with Gasteiger partial charge in [-0.1, -0.05) is 12.7 Å². The van der Waals surface area contributed by atoms with Gasteiger partial charge in [0, 0.05) is 13.2 Å². The van der Waals surface area contributed by atoms with Crippen molar-refractivity contribution in [2.75, 3.05) is 25.1 Å². The number of carboxylic acids is 1. The van der Waals surface area contributed by atoms with E-state index < -0.39 is 12.1 Å². The van der Waals surface area contributed by atoms with Gasteiger partial charge in [-0.3, -0.25) is 5.32 Å². The largest absolute Gasteiger partial charge is 0.477 e. The zero-order chi connectivity index (χ0) is 15.2. The Balaban J connectivity index is 2.22. The SMILES string of the molecule is C=CCOC(=O)Nc1c(C(=O)O)cnn1C1CCOCC1. The standard InChI is InChI=1S/C13H17N3O5/c1-2-5-21-13(19)15-11-10(12(17)18)8-14-16(11)9-3-6-20-7-4-9/h2,8-9H,1,3-7H2,(H,15,19)(H,17,18). The predicted octanol–water partition coefficient (Wildman–Crippen LogP) is 1.67. The third-order valence-corrected chi connectivity index (χ3v) is 3.12. The van der Waals surface area contributed by atoms with Gasteiger partial charge in [0.15, 0.2) is 0 Å². The summed E-state index contributed by atoms with van der Waals surface area (Å²) >= 11 is 0. The molecule has 8 nitrogen and oxygen atoms in total. The summed E-state index contributed by atoms with van der Waals surface area (Å²) in [6.45, 7) is 4.63. The van der Waals surface area contributed by atoms with E-state index in [0.717, 1.165) is 0 Å². The zero-order valence-corrected chi connectivity index (χ0v) is 11.4. The first-order valence-electron chi connectivity index (χ1n) is 6.56. The van der Waals surface area contributed by atoms with Gasteiger partial charge in [0.05, 0.1) is 12.2 Å². The van der Waals surface area contributed by atoms with Crippen LogP contribution in [0.5, 0.6) is 0 Å². The number of carboxylic acid groups (broad SMARTS) is 1. The van der Waals surface area contributed by atoms with Gasteiger partial charge < -0.3 is 14.6 Å². The highest BCUT2D eigenvalue weighted by Crippen LogP contribution is 2.27. The Morgan fingerprint density at radius 2 is 2.29 bits per heavy atom. The molecule has 0 spiro atoms. The summed E-state index contributed by atoms with van der Waals surface area (Å²) in [5.41, 5.74) is -0.0722. The lowest BCUT2D eigenvalue weighted by molar-refractivity contribution is 0.0666. The molecule has 8 heteroatoms. The number of rotatable bonds is 5. The van der Waals surface area contributed by atoms with E-state index in [4.69, 9.17) is 9.47 Å². The van der Waals surface area contributed by atoms with Gasteiger partial charge in [-0.25, -0.2) is 14.3 Å². The number of nitrogens with zero attached hydrogens (tertiary/aromatic N) is 2. The fourth-order valence-corrected chi connectivity index (χ4v) is 2.12. The Morgan fingerprint density at radius 3 is 2.90 bits per heavy atom. The quantitative estimate of drug-likeness (QED) is 0.801. The Hall–Kier alpha value is -2.35. The molecule has 1 amide bonds. The molecule has 1 aliphatic rings. The average Bonchev–Trinajstić information content (AvgIpc) is 2.89. The van der Waals surface area contributed by atoms with E-state index in [2.05, 4.69) is 17.0 Å². The van der Waals surface area contributed by atoms with Crippen LogP contribution in [-0.2, 0) is 9.47 Å². The first-order chi connectivity index (χ1) is 10.1. The lowest BCUT2D eigenvalue weighted by Gasteiger charge is -2.24. The number of carbonyl (C=O) groups is 2. The lowest BCUT2D eigenvalue weighted by atomic mass is 10.1. The molecule has 2 N–H and O–H groups in total. The Labute approximate surface area is 121 Å². The average molecular weight is 295 g/mol. The van der Waals surface area contributed by atoms with E-state index in [0.29, 0.717) is 26.1 Å². The van der Waals surface area contributed by atoms with Crippen molar-refractivity contribution >= 4 is 17.9 Å². The van der Waals surface area contributed by atoms with Gasteiger partial charge in [0.2, 0.25) is 0 Å². The van der Waals surface area contributed by atoms with Crippen LogP contribution in [0.25, 0.3) is 0 Å². The topological polar surface area (TPSA) is 103 Å². The molecule has 2 rings (SSSR count). The minimum Gasteiger partial charge on any atom is -0.477 e. The summed E-state index contributed by atoms with van der Waals surface area (Å²) in [5, 5.41) is 15.7. The number of aromatic carboxylic acids is 1. The molecule has 0 saturated carbocycles. The monoisotopic (exact) mass is 295 g/mol. The lowest BCUT2D eigenvalue weighted by Crippen LogP contribution is -2.24. The van der Waals surface area contributed by atoms with Crippen LogP contribution in [0.15, 0.2) is 18.9 Å². The van der Waals surface area contributed by atoms with E-state index in [-0.39, 0.29) is 24.0 Å². The number of amides is 1. The van der Waals surface area contributed by atoms with Crippen LogP contribution in [0.4, 0.5) is 10.6 Å². The van der Waals surface area contributed by atoms with Crippen molar-refractivity contribution in [3.63, 3.8) is 0 Å². The van der Waals surface area contributed by atoms with Crippen LogP contribution in [0.3, 0.4) is 0 Å². The highest BCUT2D eigenvalue weighted by Gasteiger charge is 2.25. The van der Waals surface area contributed by atoms with E-state index in [1.54, 1.807) is 0 Å². The molecule has 1 aliphatic heterocycles. The highest BCUT2D eigenvalue weighted by molar-refractivity contribution is 5.97. The van der Waals surface area contributed by atoms with E-state index >= 15 is 0 Å². The molecule has 0 aliphatic carbocycles. The minimum absolute atomic E-state index is 0.0124. The molecule has 1 saturated heterocycles. The number of aromatic nitrogens is 2. The van der Waals surface area contributed by atoms with E-state index in [1.165, 1.54) is 17.0 Å². The molecule has 1 fully saturated rings. The number of hydrogen-bond acceptors (Lipinski definition) is 5. The van der Waals surface area contributed by atoms with Crippen molar-refractivity contribution in [1.29, 1.82) is 0 Å². The number of hydrogen-bond donors (Lipinski definition) is 2. The summed E-state index contributed by atoms with van der Waals surface area (Å²) < 4.78 is 11.6. The smallest absolute Gasteiger partial charge is 0.413 e. The second-order valence-electron chi connectivity index (χ2n) is 4.51. The molecule has 0 unspecified atom stereocenters. The number of nitrogens with one attached hydrogen (secondary N) is 1. The Bertz CT molecular complexity index is 534. The summed E-state index contributed by atoms with van der Waals surface area (Å²) in [6.07, 6.45) is 3.31. The van der Waals surface area contributed by atoms with Gasteiger partial charge in [-0.2, -0.15) is 5.10 Å². The van der Waals surface area contributed by atoms with Crippen molar-refractivity contribution < 1.29 is 24.2 Å². The maximum Gasteiger partial charge on any atom is 0.413 e. The Morgan fingerprint density at radius 1 is 1.57 bits per heavy atom. The summed E-state index contributed by atoms with van der Waals surface area (Å²) in [4.78, 5) is 22.9. The van der Waals surface area contributed by atoms with Crippen molar-refractivity contribution in [3.8, 4) is 0 Å². The molecule has 2 heterocycles. The van der Waals surface area contributed by atoms with E-state index in [1.807, 2.05) is 0 Å². The fraction of sp³-hybridized carbons (Fsp3) is 0.462. The summed E-state index contributed by atoms with van der Waals surface area (Å²) in [6, 6.07) is -0.0124. The molecule has 0 atom stereocenters. The van der Waals surface area contributed by atoms with Gasteiger partial charge >= 0.3 is 12.1 Å². The Kier molecular flexibility index (Phi) is 4.94. The van der Waals surface area contributed by atoms with E-state index in [9.17, 15) is 14.7 Å². The van der Waals surface area contributed by atoms with Crippen LogP contribution in [-0.4, -0.2) is 46.8 Å². The fourth-order valence-electron chi connectivity index (χ4n) is 2.12. The summed E-state index contributed by atoms with van der Waals surface area (Å²) in [5.74, 6) is -1.03. The van der Waals surface area contributed by atoms with Crippen LogP contribution >= 0.6 is 0 Å². The van der Waals surface area contributed by atoms with Crippen LogP contribution < -0.4 is 5.32 Å². The molecule has 21 heavy (non-hydrogen) atoms. The molecule has 114 valence electrons. The third-order valence-electron chi connectivity index (χ3n) is 3.12. The normalized spacial score (nSPS) is 15.4. The van der Waals surface area contributed by atoms with Crippen molar-refractivity contribution in [3.05, 3.63) is 24.4 Å². The minimum atomic E-state index is -1.16. The number of anilines is 1. The molecule has 1 aromatic rings. The summed E-state index contributed by atoms with van der Waals surface area (Å²) in [7, 11) is 0. The van der Waals surface area contributed by atoms with Crippen molar-refractivity contribution in [2.24, 2.45) is 0 Å². The molecular formula is C13H17N3O5. The first kappa shape index (κ1) is 15.0. The number of ether oxygens (including phenoxy) is 2. The first-order valence-corrected chi connectivity index (χ1v) is 6.56. The predicted molar refractivity (Wildman–Crippen MR) is 73.4 cm³/mol. The second kappa shape index (κ2) is 6.89. The van der Waals surface area contributed by atoms with Crippen LogP contribution in [0.1, 0.15) is 29.2 Å². The zero-order valence-electron chi connectivity index (χ0n) is 11.4. The second-order valence-corrected chi connectivity index (χ2v) is 4.51. The van der Waals surface area contributed by atoms with Gasteiger partial charge in [-0.15, -0.1) is 0 Å². The van der Waals surface area contributed by atoms with Gasteiger partial charge in [-0.05, 0) is 12.8 Å². The third kappa shape index (κ3) is 3.60. The van der Waals surface area contributed by atoms with Crippen LogP contribution in [0.2, 0.25) is 0 Å². The maximum absolute atomic E-state index is 11.6. The molecule has 0 aromatic carbocycles. The van der Waals surface area contributed by atoms with Gasteiger partial charge in [0.25, 0.3) is 0 Å². The maximum atomic E-state index is 11.6. The molecule has 0 radical (unpaired) electrons. The van der Waals surface area contributed by atoms with Crippen molar-refractivity contribution in [2.45, 2.75) is 18.9 Å². The van der Waals surface area contributed by atoms with Gasteiger partial charge in [0.1, 0.15) is 18.0 Å². The van der Waals surface area contributed by atoms with Crippen LogP contribution in [0, 0.1) is 0 Å². The highest BCUT2D eigenvalue weighted by atomic mass is 16.5. The molecular weight excluding hydrogens is 278 g/mol.